The fourth-order valence-electron chi connectivity index (χ4n) is 4.72. The highest BCUT2D eigenvalue weighted by molar-refractivity contribution is 5.90. The molecule has 6 nitrogen and oxygen atoms in total. The zero-order valence-electron chi connectivity index (χ0n) is 21.9. The van der Waals surface area contributed by atoms with E-state index in [9.17, 15) is 49.1 Å². The Morgan fingerprint density at radius 1 is 0.878 bits per heavy atom. The van der Waals surface area contributed by atoms with Crippen molar-refractivity contribution in [2.24, 2.45) is 0 Å². The molecular formula is C26H25F9N2O4. The molecule has 0 aliphatic carbocycles. The number of nitrogens with zero attached hydrogens (tertiary/aromatic N) is 2. The standard InChI is InChI=1S/C26H25F9N2O4/c1-4-18-12-21(19-11-15(24(27,28)29)6-7-20(19)37(18)23(39)41-5-2)36(22(38)40-3)13-14-8-16(25(30,31)32)10-17(9-14)26(33,34)35/h6-11,18,21H,4-5,12-13H2,1-3H3/t18-,21?/m0/s1. The van der Waals surface area contributed by atoms with E-state index in [1.54, 1.807) is 6.92 Å². The van der Waals surface area contributed by atoms with Crippen LogP contribution in [-0.4, -0.2) is 36.8 Å². The zero-order chi connectivity index (χ0) is 30.9. The lowest BCUT2D eigenvalue weighted by Gasteiger charge is -2.43. The van der Waals surface area contributed by atoms with Crippen molar-refractivity contribution in [3.05, 3.63) is 64.2 Å². The summed E-state index contributed by atoms with van der Waals surface area (Å²) in [7, 11) is 0.903. The van der Waals surface area contributed by atoms with Gasteiger partial charge in [0.1, 0.15) is 0 Å². The summed E-state index contributed by atoms with van der Waals surface area (Å²) in [5, 5.41) is 0. The second kappa shape index (κ2) is 11.7. The number of alkyl halides is 9. The molecule has 2 aromatic carbocycles. The van der Waals surface area contributed by atoms with E-state index in [0.29, 0.717) is 24.3 Å². The van der Waals surface area contributed by atoms with Gasteiger partial charge in [0.25, 0.3) is 0 Å². The first-order valence-electron chi connectivity index (χ1n) is 12.2. The third-order valence-corrected chi connectivity index (χ3v) is 6.56. The maximum absolute atomic E-state index is 13.7. The van der Waals surface area contributed by atoms with Gasteiger partial charge in [0, 0.05) is 12.6 Å². The van der Waals surface area contributed by atoms with Crippen LogP contribution in [-0.2, 0) is 34.5 Å². The number of rotatable bonds is 5. The minimum absolute atomic E-state index is 0.0590. The van der Waals surface area contributed by atoms with Crippen molar-refractivity contribution in [1.29, 1.82) is 0 Å². The van der Waals surface area contributed by atoms with E-state index < -0.39 is 71.6 Å². The van der Waals surface area contributed by atoms with Crippen molar-refractivity contribution in [2.45, 2.75) is 63.8 Å². The third-order valence-electron chi connectivity index (χ3n) is 6.56. The van der Waals surface area contributed by atoms with Gasteiger partial charge in [-0.1, -0.05) is 6.92 Å². The number of hydrogen-bond donors (Lipinski definition) is 0. The molecule has 2 amide bonds. The second-order valence-electron chi connectivity index (χ2n) is 9.17. The minimum Gasteiger partial charge on any atom is -0.453 e. The molecule has 1 heterocycles. The predicted octanol–water partition coefficient (Wildman–Crippen LogP) is 8.20. The molecule has 1 aliphatic rings. The Morgan fingerprint density at radius 2 is 1.44 bits per heavy atom. The number of anilines is 1. The molecule has 3 rings (SSSR count). The van der Waals surface area contributed by atoms with Crippen LogP contribution >= 0.6 is 0 Å². The van der Waals surface area contributed by atoms with Gasteiger partial charge in [-0.2, -0.15) is 39.5 Å². The Hall–Kier alpha value is -3.65. The van der Waals surface area contributed by atoms with Crippen molar-refractivity contribution in [3.63, 3.8) is 0 Å². The SMILES string of the molecule is CCOC(=O)N1c2ccc(C(F)(F)F)cc2C(N(Cc2cc(C(F)(F)F)cc(C(F)(F)F)c2)C(=O)OC)C[C@@H]1CC. The van der Waals surface area contributed by atoms with Crippen molar-refractivity contribution in [3.8, 4) is 0 Å². The number of carbonyl (C=O) groups is 2. The average Bonchev–Trinajstić information content (AvgIpc) is 2.88. The first-order chi connectivity index (χ1) is 18.9. The maximum Gasteiger partial charge on any atom is 0.416 e. The van der Waals surface area contributed by atoms with Gasteiger partial charge in [0.15, 0.2) is 0 Å². The highest BCUT2D eigenvalue weighted by Crippen LogP contribution is 2.45. The highest BCUT2D eigenvalue weighted by Gasteiger charge is 2.43. The van der Waals surface area contributed by atoms with Crippen LogP contribution in [0, 0.1) is 0 Å². The molecule has 1 aliphatic heterocycles. The lowest BCUT2D eigenvalue weighted by atomic mass is 9.87. The predicted molar refractivity (Wildman–Crippen MR) is 127 cm³/mol. The van der Waals surface area contributed by atoms with E-state index in [4.69, 9.17) is 9.47 Å². The van der Waals surface area contributed by atoms with E-state index in [1.807, 2.05) is 0 Å². The summed E-state index contributed by atoms with van der Waals surface area (Å²) in [6.07, 6.45) is -17.3. The number of amides is 2. The fraction of sp³-hybridized carbons (Fsp3) is 0.462. The van der Waals surface area contributed by atoms with E-state index in [-0.39, 0.29) is 36.8 Å². The first kappa shape index (κ1) is 31.9. The third kappa shape index (κ3) is 6.99. The van der Waals surface area contributed by atoms with Crippen molar-refractivity contribution in [2.75, 3.05) is 18.6 Å². The van der Waals surface area contributed by atoms with Gasteiger partial charge >= 0.3 is 30.7 Å². The number of fused-ring (bicyclic) bond motifs is 1. The van der Waals surface area contributed by atoms with Crippen LogP contribution in [0.15, 0.2) is 36.4 Å². The van der Waals surface area contributed by atoms with Crippen LogP contribution in [0.2, 0.25) is 0 Å². The van der Waals surface area contributed by atoms with Crippen LogP contribution in [0.4, 0.5) is 54.8 Å². The molecule has 0 fully saturated rings. The molecule has 0 radical (unpaired) electrons. The average molecular weight is 600 g/mol. The van der Waals surface area contributed by atoms with Crippen LogP contribution < -0.4 is 4.90 Å². The number of methoxy groups -OCH3 is 1. The zero-order valence-corrected chi connectivity index (χ0v) is 21.9. The minimum atomic E-state index is -5.17. The van der Waals surface area contributed by atoms with Crippen molar-refractivity contribution in [1.82, 2.24) is 4.90 Å². The molecule has 1 unspecified atom stereocenters. The first-order valence-corrected chi connectivity index (χ1v) is 12.2. The summed E-state index contributed by atoms with van der Waals surface area (Å²) in [6.45, 7) is 2.23. The van der Waals surface area contributed by atoms with E-state index in [0.717, 1.165) is 23.0 Å². The van der Waals surface area contributed by atoms with Crippen LogP contribution in [0.3, 0.4) is 0 Å². The monoisotopic (exact) mass is 600 g/mol. The summed E-state index contributed by atoms with van der Waals surface area (Å²) < 4.78 is 132. The molecule has 0 bridgehead atoms. The van der Waals surface area contributed by atoms with Gasteiger partial charge in [-0.3, -0.25) is 9.80 Å². The Balaban J connectivity index is 2.23. The number of halogens is 9. The summed E-state index contributed by atoms with van der Waals surface area (Å²) in [6, 6.07) is 1.06. The van der Waals surface area contributed by atoms with E-state index in [1.165, 1.54) is 6.92 Å². The summed E-state index contributed by atoms with van der Waals surface area (Å²) in [4.78, 5) is 27.6. The highest BCUT2D eigenvalue weighted by atomic mass is 19.4. The molecule has 0 spiro atoms. The Bertz CT molecular complexity index is 1240. The molecule has 2 atom stereocenters. The van der Waals surface area contributed by atoms with Crippen molar-refractivity contribution < 1.29 is 58.6 Å². The molecule has 41 heavy (non-hydrogen) atoms. The van der Waals surface area contributed by atoms with Crippen molar-refractivity contribution >= 4 is 17.9 Å². The topological polar surface area (TPSA) is 59.1 Å². The Morgan fingerprint density at radius 3 is 1.90 bits per heavy atom. The Labute approximate surface area is 228 Å². The lowest BCUT2D eigenvalue weighted by molar-refractivity contribution is -0.143. The maximum atomic E-state index is 13.7. The summed E-state index contributed by atoms with van der Waals surface area (Å²) in [5.41, 5.74) is -5.28. The Kier molecular flexibility index (Phi) is 9.08. The van der Waals surface area contributed by atoms with Crippen LogP contribution in [0.25, 0.3) is 0 Å². The largest absolute Gasteiger partial charge is 0.453 e. The quantitative estimate of drug-likeness (QED) is 0.325. The van der Waals surface area contributed by atoms with Crippen LogP contribution in [0.1, 0.15) is 60.5 Å². The van der Waals surface area contributed by atoms with Gasteiger partial charge < -0.3 is 9.47 Å². The van der Waals surface area contributed by atoms with Gasteiger partial charge in [0.2, 0.25) is 0 Å². The molecule has 15 heteroatoms. The second-order valence-corrected chi connectivity index (χ2v) is 9.17. The number of hydrogen-bond acceptors (Lipinski definition) is 4. The van der Waals surface area contributed by atoms with Gasteiger partial charge in [-0.25, -0.2) is 9.59 Å². The molecule has 2 aromatic rings. The smallest absolute Gasteiger partial charge is 0.416 e. The number of carbonyl (C=O) groups excluding carboxylic acids is 2. The molecule has 0 aromatic heterocycles. The van der Waals surface area contributed by atoms with Gasteiger partial charge in [0.05, 0.1) is 42.1 Å². The van der Waals surface area contributed by atoms with Crippen LogP contribution in [0.5, 0.6) is 0 Å². The summed E-state index contributed by atoms with van der Waals surface area (Å²) >= 11 is 0. The lowest BCUT2D eigenvalue weighted by Crippen LogP contribution is -2.48. The number of ether oxygens (including phenoxy) is 2. The van der Waals surface area contributed by atoms with E-state index in [2.05, 4.69) is 0 Å². The molecule has 0 saturated carbocycles. The molecule has 0 saturated heterocycles. The van der Waals surface area contributed by atoms with Gasteiger partial charge in [-0.05, 0) is 67.3 Å². The number of benzene rings is 2. The molecular weight excluding hydrogens is 575 g/mol. The van der Waals surface area contributed by atoms with Gasteiger partial charge in [-0.15, -0.1) is 0 Å². The molecule has 0 N–H and O–H groups in total. The summed E-state index contributed by atoms with van der Waals surface area (Å²) in [5.74, 6) is 0. The normalized spacial score (nSPS) is 17.6. The van der Waals surface area contributed by atoms with E-state index >= 15 is 0 Å². The molecule has 226 valence electrons. The fourth-order valence-corrected chi connectivity index (χ4v) is 4.72.